The lowest BCUT2D eigenvalue weighted by Crippen LogP contribution is -2.36. The van der Waals surface area contributed by atoms with E-state index in [4.69, 9.17) is 4.74 Å². The van der Waals surface area contributed by atoms with Crippen LogP contribution in [0.4, 0.5) is 0 Å². The number of ether oxygens (including phenoxy) is 1. The molecule has 1 aliphatic carbocycles. The first kappa shape index (κ1) is 14.6. The van der Waals surface area contributed by atoms with Gasteiger partial charge in [0, 0.05) is 25.0 Å². The number of hydrogen-bond donors (Lipinski definition) is 0. The molecule has 1 amide bonds. The Labute approximate surface area is 130 Å². The van der Waals surface area contributed by atoms with Gasteiger partial charge in [0.2, 0.25) is 0 Å². The van der Waals surface area contributed by atoms with E-state index in [-0.39, 0.29) is 12.5 Å². The Bertz CT molecular complexity index is 639. The Morgan fingerprint density at radius 3 is 2.64 bits per heavy atom. The maximum absolute atomic E-state index is 12.5. The highest BCUT2D eigenvalue weighted by Crippen LogP contribution is 2.28. The van der Waals surface area contributed by atoms with Gasteiger partial charge in [-0.15, -0.1) is 0 Å². The monoisotopic (exact) mass is 296 g/mol. The van der Waals surface area contributed by atoms with Crippen LogP contribution in [0.5, 0.6) is 5.75 Å². The second-order valence-corrected chi connectivity index (χ2v) is 5.66. The van der Waals surface area contributed by atoms with Crippen molar-refractivity contribution in [3.8, 4) is 5.75 Å². The molecule has 1 heterocycles. The summed E-state index contributed by atoms with van der Waals surface area (Å²) in [4.78, 5) is 18.4. The fraction of sp³-hybridized carbons (Fsp3) is 0.333. The third-order valence-corrected chi connectivity index (χ3v) is 3.86. The van der Waals surface area contributed by atoms with Crippen LogP contribution >= 0.6 is 0 Å². The summed E-state index contributed by atoms with van der Waals surface area (Å²) in [6.07, 6.45) is 5.69. The van der Waals surface area contributed by atoms with E-state index < -0.39 is 0 Å². The maximum atomic E-state index is 12.5. The fourth-order valence-corrected chi connectivity index (χ4v) is 2.43. The summed E-state index contributed by atoms with van der Waals surface area (Å²) in [6.45, 7) is 2.70. The Balaban J connectivity index is 1.62. The molecule has 0 aliphatic heterocycles. The fourth-order valence-electron chi connectivity index (χ4n) is 2.43. The van der Waals surface area contributed by atoms with Crippen LogP contribution in [-0.4, -0.2) is 28.4 Å². The second kappa shape index (κ2) is 6.60. The normalized spacial score (nSPS) is 13.7. The van der Waals surface area contributed by atoms with Crippen LogP contribution in [-0.2, 0) is 11.3 Å². The number of carbonyl (C=O) groups excluding carboxylic acids is 1. The molecule has 0 spiro atoms. The number of pyridine rings is 1. The topological polar surface area (TPSA) is 42.4 Å². The maximum Gasteiger partial charge on any atom is 0.261 e. The highest BCUT2D eigenvalue weighted by molar-refractivity contribution is 5.78. The average Bonchev–Trinajstić information content (AvgIpc) is 3.37. The van der Waals surface area contributed by atoms with Gasteiger partial charge in [-0.25, -0.2) is 0 Å². The van der Waals surface area contributed by atoms with Gasteiger partial charge in [-0.2, -0.15) is 0 Å². The summed E-state index contributed by atoms with van der Waals surface area (Å²) in [5, 5.41) is 0. The predicted molar refractivity (Wildman–Crippen MR) is 84.5 cm³/mol. The van der Waals surface area contributed by atoms with E-state index in [0.717, 1.165) is 29.7 Å². The molecule has 0 saturated heterocycles. The van der Waals surface area contributed by atoms with Crippen LogP contribution in [0.3, 0.4) is 0 Å². The van der Waals surface area contributed by atoms with Gasteiger partial charge >= 0.3 is 0 Å². The number of amides is 1. The van der Waals surface area contributed by atoms with Crippen molar-refractivity contribution in [3.63, 3.8) is 0 Å². The highest BCUT2D eigenvalue weighted by Gasteiger charge is 2.32. The molecule has 0 radical (unpaired) electrons. The number of benzene rings is 1. The van der Waals surface area contributed by atoms with Crippen LogP contribution in [0.15, 0.2) is 48.8 Å². The van der Waals surface area contributed by atoms with Gasteiger partial charge in [0.25, 0.3) is 5.91 Å². The van der Waals surface area contributed by atoms with Crippen LogP contribution in [0.1, 0.15) is 24.0 Å². The smallest absolute Gasteiger partial charge is 0.261 e. The molecule has 0 N–H and O–H groups in total. The summed E-state index contributed by atoms with van der Waals surface area (Å²) in [5.41, 5.74) is 2.15. The molecule has 1 fully saturated rings. The zero-order valence-corrected chi connectivity index (χ0v) is 12.7. The molecule has 1 aliphatic rings. The van der Waals surface area contributed by atoms with Crippen molar-refractivity contribution >= 4 is 5.91 Å². The summed E-state index contributed by atoms with van der Waals surface area (Å²) < 4.78 is 5.69. The Kier molecular flexibility index (Phi) is 4.37. The lowest BCUT2D eigenvalue weighted by Gasteiger charge is -2.22. The van der Waals surface area contributed by atoms with E-state index in [2.05, 4.69) is 4.98 Å². The molecule has 114 valence electrons. The van der Waals surface area contributed by atoms with Crippen LogP contribution in [0, 0.1) is 6.92 Å². The van der Waals surface area contributed by atoms with Gasteiger partial charge < -0.3 is 9.64 Å². The second-order valence-electron chi connectivity index (χ2n) is 5.66. The minimum atomic E-state index is 0.0440. The van der Waals surface area contributed by atoms with Gasteiger partial charge in [0.1, 0.15) is 5.75 Å². The Morgan fingerprint density at radius 1 is 1.23 bits per heavy atom. The van der Waals surface area contributed by atoms with E-state index in [0.29, 0.717) is 12.6 Å². The first-order chi connectivity index (χ1) is 10.7. The molecule has 1 aromatic carbocycles. The van der Waals surface area contributed by atoms with Crippen LogP contribution in [0.2, 0.25) is 0 Å². The molecule has 1 aromatic heterocycles. The summed E-state index contributed by atoms with van der Waals surface area (Å²) in [6, 6.07) is 12.0. The highest BCUT2D eigenvalue weighted by atomic mass is 16.5. The number of hydrogen-bond acceptors (Lipinski definition) is 3. The molecular formula is C18H20N2O2. The summed E-state index contributed by atoms with van der Waals surface area (Å²) >= 11 is 0. The summed E-state index contributed by atoms with van der Waals surface area (Å²) in [7, 11) is 0. The summed E-state index contributed by atoms with van der Waals surface area (Å²) in [5.74, 6) is 0.818. The first-order valence-corrected chi connectivity index (χ1v) is 7.61. The predicted octanol–water partition coefficient (Wildman–Crippen LogP) is 2.96. The van der Waals surface area contributed by atoms with Crippen LogP contribution < -0.4 is 4.74 Å². The largest absolute Gasteiger partial charge is 0.484 e. The molecule has 4 heteroatoms. The number of para-hydroxylation sites is 1. The number of aromatic nitrogens is 1. The molecular weight excluding hydrogens is 276 g/mol. The molecule has 0 atom stereocenters. The molecule has 0 bridgehead atoms. The van der Waals surface area contributed by atoms with Crippen molar-refractivity contribution in [1.82, 2.24) is 9.88 Å². The lowest BCUT2D eigenvalue weighted by molar-refractivity contribution is -0.134. The van der Waals surface area contributed by atoms with Crippen molar-refractivity contribution < 1.29 is 9.53 Å². The van der Waals surface area contributed by atoms with Gasteiger partial charge in [0.05, 0.1) is 0 Å². The van der Waals surface area contributed by atoms with Crippen molar-refractivity contribution in [2.45, 2.75) is 32.4 Å². The number of carbonyl (C=O) groups is 1. The SMILES string of the molecule is Cc1ccccc1OCC(=O)N(Cc1ccncc1)C1CC1. The zero-order chi connectivity index (χ0) is 15.4. The van der Waals surface area contributed by atoms with E-state index in [1.807, 2.05) is 48.2 Å². The molecule has 22 heavy (non-hydrogen) atoms. The Morgan fingerprint density at radius 2 is 1.95 bits per heavy atom. The van der Waals surface area contributed by atoms with E-state index in [1.165, 1.54) is 0 Å². The zero-order valence-electron chi connectivity index (χ0n) is 12.7. The number of aryl methyl sites for hydroxylation is 1. The van der Waals surface area contributed by atoms with Crippen molar-refractivity contribution in [1.29, 1.82) is 0 Å². The van der Waals surface area contributed by atoms with Gasteiger partial charge in [-0.3, -0.25) is 9.78 Å². The minimum absolute atomic E-state index is 0.0440. The molecule has 3 rings (SSSR count). The van der Waals surface area contributed by atoms with Gasteiger partial charge in [-0.05, 0) is 49.1 Å². The van der Waals surface area contributed by atoms with Crippen molar-refractivity contribution in [3.05, 3.63) is 59.9 Å². The van der Waals surface area contributed by atoms with E-state index >= 15 is 0 Å². The van der Waals surface area contributed by atoms with E-state index in [9.17, 15) is 4.79 Å². The Hall–Kier alpha value is -2.36. The standard InChI is InChI=1S/C18H20N2O2/c1-14-4-2-3-5-17(14)22-13-18(21)20(16-6-7-16)12-15-8-10-19-11-9-15/h2-5,8-11,16H,6-7,12-13H2,1H3. The number of rotatable bonds is 6. The lowest BCUT2D eigenvalue weighted by atomic mass is 10.2. The molecule has 2 aromatic rings. The van der Waals surface area contributed by atoms with E-state index in [1.54, 1.807) is 12.4 Å². The van der Waals surface area contributed by atoms with Crippen LogP contribution in [0.25, 0.3) is 0 Å². The molecule has 0 unspecified atom stereocenters. The quantitative estimate of drug-likeness (QED) is 0.823. The van der Waals surface area contributed by atoms with Gasteiger partial charge in [-0.1, -0.05) is 18.2 Å². The molecule has 4 nitrogen and oxygen atoms in total. The third-order valence-electron chi connectivity index (χ3n) is 3.86. The van der Waals surface area contributed by atoms with Crippen molar-refractivity contribution in [2.24, 2.45) is 0 Å². The van der Waals surface area contributed by atoms with Gasteiger partial charge in [0.15, 0.2) is 6.61 Å². The first-order valence-electron chi connectivity index (χ1n) is 7.61. The average molecular weight is 296 g/mol. The number of nitrogens with zero attached hydrogens (tertiary/aromatic N) is 2. The van der Waals surface area contributed by atoms with Crippen molar-refractivity contribution in [2.75, 3.05) is 6.61 Å². The molecule has 1 saturated carbocycles. The minimum Gasteiger partial charge on any atom is -0.484 e. The third kappa shape index (κ3) is 3.64.